The first-order chi connectivity index (χ1) is 16.3. The summed E-state index contributed by atoms with van der Waals surface area (Å²) in [5.74, 6) is -0.887. The molecule has 11 nitrogen and oxygen atoms in total. The Hall–Kier alpha value is -3.67. The average molecular weight is 538 g/mol. The summed E-state index contributed by atoms with van der Waals surface area (Å²) in [7, 11) is -8.38. The number of nitriles is 1. The van der Waals surface area contributed by atoms with Crippen LogP contribution in [0.5, 0.6) is 0 Å². The number of nitrogen functional groups attached to an aromatic ring is 1. The summed E-state index contributed by atoms with van der Waals surface area (Å²) in [4.78, 5) is 11.1. The first-order valence-electron chi connectivity index (χ1n) is 9.34. The number of aromatic nitrogens is 1. The van der Waals surface area contributed by atoms with Gasteiger partial charge in [-0.2, -0.15) is 22.1 Å². The van der Waals surface area contributed by atoms with Crippen molar-refractivity contribution in [3.05, 3.63) is 70.0 Å². The van der Waals surface area contributed by atoms with E-state index in [9.17, 15) is 36.0 Å². The van der Waals surface area contributed by atoms with Gasteiger partial charge in [-0.25, -0.2) is 4.79 Å². The molecule has 0 unspecified atom stereocenters. The molecule has 0 atom stereocenters. The molecule has 0 radical (unpaired) electrons. The van der Waals surface area contributed by atoms with Gasteiger partial charge in [0.05, 0.1) is 18.4 Å². The van der Waals surface area contributed by atoms with Crippen LogP contribution in [0.3, 0.4) is 0 Å². The van der Waals surface area contributed by atoms with Crippen molar-refractivity contribution in [1.82, 2.24) is 4.57 Å². The SMILES string of the molecule is COC(=O)c1c(N)c(C#N)cn1-c1ccc(C=Cc2ccc(Cl)cc2S(=O)(=O)O)c(S(=O)(=O)O)c1. The molecular weight excluding hydrogens is 522 g/mol. The van der Waals surface area contributed by atoms with Gasteiger partial charge in [-0.15, -0.1) is 0 Å². The third kappa shape index (κ3) is 5.37. The molecule has 2 aromatic carbocycles. The maximum absolute atomic E-state index is 12.2. The van der Waals surface area contributed by atoms with E-state index >= 15 is 0 Å². The molecule has 3 rings (SSSR count). The number of rotatable bonds is 6. The monoisotopic (exact) mass is 537 g/mol. The average Bonchev–Trinajstić information content (AvgIpc) is 3.12. The lowest BCUT2D eigenvalue weighted by Gasteiger charge is -2.11. The first-order valence-corrected chi connectivity index (χ1v) is 12.6. The summed E-state index contributed by atoms with van der Waals surface area (Å²) in [6.45, 7) is 0. The lowest BCUT2D eigenvalue weighted by Crippen LogP contribution is -2.12. The van der Waals surface area contributed by atoms with Crippen molar-refractivity contribution in [3.8, 4) is 11.8 Å². The molecule has 4 N–H and O–H groups in total. The van der Waals surface area contributed by atoms with E-state index < -0.39 is 36.0 Å². The summed E-state index contributed by atoms with van der Waals surface area (Å²) in [5.41, 5.74) is 5.35. The Morgan fingerprint density at radius 1 is 1.06 bits per heavy atom. The van der Waals surface area contributed by atoms with Gasteiger partial charge in [-0.1, -0.05) is 35.9 Å². The maximum Gasteiger partial charge on any atom is 0.357 e. The van der Waals surface area contributed by atoms with Crippen molar-refractivity contribution in [1.29, 1.82) is 5.26 Å². The number of carbonyl (C=O) groups excluding carboxylic acids is 1. The number of ether oxygens (including phenoxy) is 1. The third-order valence-corrected chi connectivity index (χ3v) is 6.85. The minimum absolute atomic E-state index is 0.00733. The van der Waals surface area contributed by atoms with Gasteiger partial charge in [0, 0.05) is 16.9 Å². The van der Waals surface area contributed by atoms with Crippen LogP contribution in [0, 0.1) is 11.3 Å². The highest BCUT2D eigenvalue weighted by Crippen LogP contribution is 2.29. The minimum atomic E-state index is -4.83. The highest BCUT2D eigenvalue weighted by Gasteiger charge is 2.23. The molecule has 0 saturated carbocycles. The van der Waals surface area contributed by atoms with Crippen LogP contribution in [-0.4, -0.2) is 43.6 Å². The Bertz CT molecular complexity index is 1640. The normalized spacial score (nSPS) is 12.0. The standard InChI is InChI=1S/C21H16ClN3O8S2/c1-33-21(26)20-19(24)14(10-23)11-25(20)16-7-5-13(18(9-16)35(30,31)32)3-2-12-4-6-15(22)8-17(12)34(27,28)29/h2-9,11H,24H2,1H3,(H,27,28,29)(H,30,31,32). The largest absolute Gasteiger partial charge is 0.464 e. The Labute approximate surface area is 205 Å². The lowest BCUT2D eigenvalue weighted by atomic mass is 10.1. The Morgan fingerprint density at radius 2 is 1.60 bits per heavy atom. The van der Waals surface area contributed by atoms with Gasteiger partial charge in [-0.05, 0) is 35.4 Å². The third-order valence-electron chi connectivity index (χ3n) is 4.79. The van der Waals surface area contributed by atoms with Gasteiger partial charge in [0.25, 0.3) is 20.2 Å². The highest BCUT2D eigenvalue weighted by molar-refractivity contribution is 7.86. The summed E-state index contributed by atoms with van der Waals surface area (Å²) in [6.07, 6.45) is 3.59. The molecule has 0 bridgehead atoms. The van der Waals surface area contributed by atoms with Gasteiger partial charge < -0.3 is 15.0 Å². The van der Waals surface area contributed by atoms with E-state index in [4.69, 9.17) is 17.3 Å². The van der Waals surface area contributed by atoms with Gasteiger partial charge in [-0.3, -0.25) is 9.11 Å². The molecule has 0 fully saturated rings. The Balaban J connectivity index is 2.20. The van der Waals surface area contributed by atoms with Crippen molar-refractivity contribution in [3.63, 3.8) is 0 Å². The van der Waals surface area contributed by atoms with E-state index in [-0.39, 0.29) is 38.8 Å². The second-order valence-electron chi connectivity index (χ2n) is 6.97. The number of nitrogens with two attached hydrogens (primary N) is 1. The Kier molecular flexibility index (Phi) is 7.06. The zero-order chi connectivity index (χ0) is 26.1. The minimum Gasteiger partial charge on any atom is -0.464 e. The first kappa shape index (κ1) is 25.9. The van der Waals surface area contributed by atoms with Gasteiger partial charge >= 0.3 is 5.97 Å². The van der Waals surface area contributed by atoms with E-state index in [1.54, 1.807) is 0 Å². The van der Waals surface area contributed by atoms with Crippen LogP contribution in [0.4, 0.5) is 5.69 Å². The molecule has 0 aliphatic carbocycles. The van der Waals surface area contributed by atoms with Crippen LogP contribution in [0.2, 0.25) is 5.02 Å². The smallest absolute Gasteiger partial charge is 0.357 e. The van der Waals surface area contributed by atoms with Crippen LogP contribution >= 0.6 is 11.6 Å². The number of halogens is 1. The fourth-order valence-corrected chi connectivity index (χ4v) is 4.85. The van der Waals surface area contributed by atoms with Gasteiger partial charge in [0.15, 0.2) is 5.69 Å². The second-order valence-corrected chi connectivity index (χ2v) is 10.2. The number of esters is 1. The topological polar surface area (TPSA) is 190 Å². The molecule has 0 aliphatic heterocycles. The summed E-state index contributed by atoms with van der Waals surface area (Å²) in [6, 6.07) is 9.13. The molecular formula is C21H16ClN3O8S2. The van der Waals surface area contributed by atoms with Crippen molar-refractivity contribution >= 4 is 55.6 Å². The van der Waals surface area contributed by atoms with Crippen LogP contribution in [0.25, 0.3) is 17.8 Å². The fraction of sp³-hybridized carbons (Fsp3) is 0.0476. The number of carbonyl (C=O) groups is 1. The Morgan fingerprint density at radius 3 is 2.11 bits per heavy atom. The molecule has 0 saturated heterocycles. The fourth-order valence-electron chi connectivity index (χ4n) is 3.20. The zero-order valence-corrected chi connectivity index (χ0v) is 20.1. The number of benzene rings is 2. The second kappa shape index (κ2) is 9.53. The number of anilines is 1. The van der Waals surface area contributed by atoms with Crippen LogP contribution in [0.1, 0.15) is 27.2 Å². The molecule has 0 spiro atoms. The highest BCUT2D eigenvalue weighted by atomic mass is 35.5. The van der Waals surface area contributed by atoms with E-state index in [0.717, 1.165) is 23.8 Å². The summed E-state index contributed by atoms with van der Waals surface area (Å²) < 4.78 is 72.6. The van der Waals surface area contributed by atoms with Crippen LogP contribution in [-0.2, 0) is 25.0 Å². The molecule has 0 amide bonds. The molecule has 1 aromatic heterocycles. The van der Waals surface area contributed by atoms with Gasteiger partial charge in [0.2, 0.25) is 0 Å². The van der Waals surface area contributed by atoms with E-state index in [1.807, 2.05) is 6.07 Å². The molecule has 3 aromatic rings. The maximum atomic E-state index is 12.2. The van der Waals surface area contributed by atoms with Gasteiger partial charge in [0.1, 0.15) is 15.9 Å². The number of nitrogens with zero attached hydrogens (tertiary/aromatic N) is 2. The molecule has 182 valence electrons. The number of hydrogen-bond donors (Lipinski definition) is 3. The predicted molar refractivity (Wildman–Crippen MR) is 126 cm³/mol. The predicted octanol–water partition coefficient (Wildman–Crippen LogP) is 3.03. The molecule has 14 heteroatoms. The van der Waals surface area contributed by atoms with Crippen LogP contribution in [0.15, 0.2) is 52.4 Å². The van der Waals surface area contributed by atoms with Crippen LogP contribution < -0.4 is 5.73 Å². The molecule has 1 heterocycles. The zero-order valence-electron chi connectivity index (χ0n) is 17.7. The van der Waals surface area contributed by atoms with Crippen molar-refractivity contribution in [2.24, 2.45) is 0 Å². The van der Waals surface area contributed by atoms with Crippen molar-refractivity contribution < 1.29 is 35.5 Å². The number of methoxy groups -OCH3 is 1. The molecule has 0 aliphatic rings. The summed E-state index contributed by atoms with van der Waals surface area (Å²) >= 11 is 5.79. The van der Waals surface area contributed by atoms with Crippen molar-refractivity contribution in [2.45, 2.75) is 9.79 Å². The molecule has 35 heavy (non-hydrogen) atoms. The lowest BCUT2D eigenvalue weighted by molar-refractivity contribution is 0.0593. The van der Waals surface area contributed by atoms with E-state index in [1.165, 1.54) is 42.6 Å². The number of hydrogen-bond acceptors (Lipinski definition) is 8. The van der Waals surface area contributed by atoms with Crippen molar-refractivity contribution in [2.75, 3.05) is 12.8 Å². The van der Waals surface area contributed by atoms with E-state index in [2.05, 4.69) is 4.74 Å². The summed E-state index contributed by atoms with van der Waals surface area (Å²) in [5, 5.41) is 9.29. The quantitative estimate of drug-likeness (QED) is 0.239. The van der Waals surface area contributed by atoms with E-state index in [0.29, 0.717) is 0 Å².